The van der Waals surface area contributed by atoms with Gasteiger partial charge in [-0.15, -0.1) is 0 Å². The van der Waals surface area contributed by atoms with Gasteiger partial charge in [0.2, 0.25) is 5.70 Å². The van der Waals surface area contributed by atoms with Gasteiger partial charge in [-0.1, -0.05) is 0 Å². The molecule has 236 valence electrons. The van der Waals surface area contributed by atoms with E-state index in [1.807, 2.05) is 0 Å². The first-order valence-corrected chi connectivity index (χ1v) is 12.1. The van der Waals surface area contributed by atoms with Crippen LogP contribution in [0.3, 0.4) is 0 Å². The van der Waals surface area contributed by atoms with Crippen LogP contribution in [-0.4, -0.2) is 30.0 Å². The Balaban J connectivity index is 2.54. The predicted octanol–water partition coefficient (Wildman–Crippen LogP) is 8.93. The van der Waals surface area contributed by atoms with E-state index in [1.54, 1.807) is 0 Å². The highest BCUT2D eigenvalue weighted by molar-refractivity contribution is 6.11. The number of rotatable bonds is 7. The lowest BCUT2D eigenvalue weighted by Gasteiger charge is -2.33. The molecule has 1 aliphatic rings. The highest BCUT2D eigenvalue weighted by Gasteiger charge is 2.52. The molecule has 0 heterocycles. The quantitative estimate of drug-likeness (QED) is 0.0944. The number of hydrogen-bond donors (Lipinski definition) is 0. The summed E-state index contributed by atoms with van der Waals surface area (Å²) in [7, 11) is 0. The van der Waals surface area contributed by atoms with Gasteiger partial charge in [-0.3, -0.25) is 10.4 Å². The van der Waals surface area contributed by atoms with Crippen LogP contribution in [0, 0.1) is 53.1 Å². The lowest BCUT2D eigenvalue weighted by Crippen LogP contribution is -2.44. The number of hydrogen-bond acceptors (Lipinski definition) is 0. The van der Waals surface area contributed by atoms with E-state index in [9.17, 15) is 66.9 Å². The monoisotopic (exact) mass is 647 g/mol. The standard InChI is InChI=1S/C27H15F14N3/c1-5-44(6-2,7-3)25-10(9(8-42)11-16(28)20(32)14(26(36,37)38)21(33)17(11)29)12(25)24(43-4)13-18(30)22(34)15(27(39,40)41)23(35)19(13)31/h5-7H2,1-3H3/b24-12-. The molecule has 0 radical (unpaired) electrons. The Morgan fingerprint density at radius 2 is 1.00 bits per heavy atom. The Hall–Kier alpha value is -4.16. The summed E-state index contributed by atoms with van der Waals surface area (Å²) in [6.07, 6.45) is -11.9. The molecule has 2 aromatic rings. The van der Waals surface area contributed by atoms with Crippen LogP contribution in [0.4, 0.5) is 61.5 Å². The number of likely N-dealkylation sites (N-methyl/N-ethyl adjacent to an activating group) is 1. The molecule has 1 aliphatic carbocycles. The molecule has 0 atom stereocenters. The molecule has 17 heteroatoms. The van der Waals surface area contributed by atoms with Gasteiger partial charge in [0.05, 0.1) is 48.5 Å². The van der Waals surface area contributed by atoms with Crippen molar-refractivity contribution in [3.05, 3.63) is 102 Å². The predicted molar refractivity (Wildman–Crippen MR) is 127 cm³/mol. The van der Waals surface area contributed by atoms with Crippen molar-refractivity contribution >= 4 is 17.1 Å². The molecular formula is C27H15F14N3. The second-order valence-electron chi connectivity index (χ2n) is 9.15. The lowest BCUT2D eigenvalue weighted by molar-refractivity contribution is -0.881. The third-order valence-electron chi connectivity index (χ3n) is 7.24. The molecule has 3 nitrogen and oxygen atoms in total. The zero-order chi connectivity index (χ0) is 33.9. The Morgan fingerprint density at radius 1 is 0.659 bits per heavy atom. The van der Waals surface area contributed by atoms with Gasteiger partial charge in [-0.25, -0.2) is 40.0 Å². The average Bonchev–Trinajstić information content (AvgIpc) is 3.66. The van der Waals surface area contributed by atoms with Crippen molar-refractivity contribution in [1.82, 2.24) is 0 Å². The molecule has 0 saturated heterocycles. The van der Waals surface area contributed by atoms with E-state index in [1.165, 1.54) is 20.8 Å². The first-order chi connectivity index (χ1) is 20.2. The fraction of sp³-hybridized carbons (Fsp3) is 0.296. The van der Waals surface area contributed by atoms with Gasteiger partial charge in [0.1, 0.15) is 16.8 Å². The summed E-state index contributed by atoms with van der Waals surface area (Å²) < 4.78 is 196. The fourth-order valence-electron chi connectivity index (χ4n) is 4.93. The summed E-state index contributed by atoms with van der Waals surface area (Å²) in [6.45, 7) is 11.6. The van der Waals surface area contributed by atoms with Crippen LogP contribution >= 0.6 is 0 Å². The van der Waals surface area contributed by atoms with Gasteiger partial charge in [-0.05, 0) is 20.8 Å². The maximum Gasteiger partial charge on any atom is 0.422 e. The Bertz CT molecular complexity index is 1660. The smallest absolute Gasteiger partial charge is 0.422 e. The fourth-order valence-corrected chi connectivity index (χ4v) is 4.93. The van der Waals surface area contributed by atoms with Crippen LogP contribution in [0.2, 0.25) is 0 Å². The van der Waals surface area contributed by atoms with Crippen molar-refractivity contribution in [2.45, 2.75) is 33.1 Å². The van der Waals surface area contributed by atoms with Crippen molar-refractivity contribution < 1.29 is 65.9 Å². The number of nitrogens with zero attached hydrogens (tertiary/aromatic N) is 3. The van der Waals surface area contributed by atoms with E-state index in [0.29, 0.717) is 0 Å². The van der Waals surface area contributed by atoms with E-state index in [0.717, 1.165) is 5.87 Å². The van der Waals surface area contributed by atoms with Gasteiger partial charge in [0, 0.05) is 5.57 Å². The second-order valence-corrected chi connectivity index (χ2v) is 9.15. The molecule has 0 fully saturated rings. The minimum atomic E-state index is -5.96. The molecule has 0 aliphatic heterocycles. The second kappa shape index (κ2) is 11.4. The summed E-state index contributed by atoms with van der Waals surface area (Å²) in [5.74, 6) is -21.6. The Kier molecular flexibility index (Phi) is 8.90. The van der Waals surface area contributed by atoms with Crippen LogP contribution < -0.4 is 0 Å². The molecule has 44 heavy (non-hydrogen) atoms. The van der Waals surface area contributed by atoms with Crippen LogP contribution in [0.15, 0.2) is 16.8 Å². The van der Waals surface area contributed by atoms with E-state index in [-0.39, 0.29) is 19.6 Å². The van der Waals surface area contributed by atoms with Crippen LogP contribution in [0.25, 0.3) is 21.5 Å². The molecular weight excluding hydrogens is 632 g/mol. The summed E-state index contributed by atoms with van der Waals surface area (Å²) in [5.41, 5.74) is -15.2. The number of allylic oxidation sites excluding steroid dienone is 3. The van der Waals surface area contributed by atoms with Gasteiger partial charge in [0.15, 0.2) is 46.5 Å². The van der Waals surface area contributed by atoms with E-state index < -0.39 is 114 Å². The summed E-state index contributed by atoms with van der Waals surface area (Å²) in [6, 6.07) is 0. The molecule has 0 amide bonds. The Morgan fingerprint density at radius 3 is 1.27 bits per heavy atom. The van der Waals surface area contributed by atoms with E-state index in [4.69, 9.17) is 6.57 Å². The average molecular weight is 647 g/mol. The Labute approximate surface area is 238 Å². The van der Waals surface area contributed by atoms with Crippen LogP contribution in [0.1, 0.15) is 43.0 Å². The largest absolute Gasteiger partial charge is 0.763 e. The number of quaternary nitrogens is 1. The molecule has 0 unspecified atom stereocenters. The van der Waals surface area contributed by atoms with Crippen molar-refractivity contribution in [2.75, 3.05) is 19.6 Å². The molecule has 3 rings (SSSR count). The number of alkyl halides is 6. The summed E-state index contributed by atoms with van der Waals surface area (Å²) in [4.78, 5) is 2.75. The topological polar surface area (TPSA) is 26.7 Å². The maximum absolute atomic E-state index is 15.0. The van der Waals surface area contributed by atoms with Crippen molar-refractivity contribution in [2.24, 2.45) is 0 Å². The minimum Gasteiger partial charge on any atom is -0.763 e. The third-order valence-corrected chi connectivity index (χ3v) is 7.24. The lowest BCUT2D eigenvalue weighted by atomic mass is 9.97. The molecule has 0 spiro atoms. The van der Waals surface area contributed by atoms with Crippen LogP contribution in [-0.2, 0) is 12.4 Å². The molecule has 0 N–H and O–H groups in total. The normalized spacial score (nSPS) is 14.9. The maximum atomic E-state index is 15.0. The van der Waals surface area contributed by atoms with Gasteiger partial charge in [-0.2, -0.15) is 26.3 Å². The molecule has 0 bridgehead atoms. The van der Waals surface area contributed by atoms with Gasteiger partial charge >= 0.3 is 12.4 Å². The zero-order valence-corrected chi connectivity index (χ0v) is 22.3. The first kappa shape index (κ1) is 34.3. The molecule has 2 aromatic carbocycles. The van der Waals surface area contributed by atoms with Gasteiger partial charge < -0.3 is 5.41 Å². The third kappa shape index (κ3) is 5.05. The van der Waals surface area contributed by atoms with Crippen molar-refractivity contribution in [3.8, 4) is 0 Å². The minimum absolute atomic E-state index is 0.0548. The zero-order valence-electron chi connectivity index (χ0n) is 22.3. The molecule has 0 saturated carbocycles. The highest BCUT2D eigenvalue weighted by Crippen LogP contribution is 2.56. The number of halogens is 14. The summed E-state index contributed by atoms with van der Waals surface area (Å²) in [5, 5.41) is 9.80. The van der Waals surface area contributed by atoms with Gasteiger partial charge in [0.25, 0.3) is 0 Å². The van der Waals surface area contributed by atoms with E-state index in [2.05, 4.69) is 4.85 Å². The number of benzene rings is 2. The van der Waals surface area contributed by atoms with Crippen LogP contribution in [0.5, 0.6) is 0 Å². The van der Waals surface area contributed by atoms with Crippen molar-refractivity contribution in [3.63, 3.8) is 0 Å². The first-order valence-electron chi connectivity index (χ1n) is 12.1. The molecule has 0 aromatic heterocycles. The highest BCUT2D eigenvalue weighted by atomic mass is 19.4. The van der Waals surface area contributed by atoms with Crippen molar-refractivity contribution in [1.29, 1.82) is 0 Å². The van der Waals surface area contributed by atoms with E-state index >= 15 is 0 Å². The SMILES string of the molecule is [C-]#[N+]/C(=C1C(C(=C=[N-])c2c(F)c(F)c(C(F)(F)F)c(F)c2F)=C/1[N+](CC)(CC)CC)c1c(F)c(F)c(C(F)(F)F)c(F)c1F. The summed E-state index contributed by atoms with van der Waals surface area (Å²) >= 11 is 0.